The van der Waals surface area contributed by atoms with Crippen molar-refractivity contribution in [1.29, 1.82) is 0 Å². The maximum atomic E-state index is 9.86. The number of benzene rings is 1. The number of nitrogens with one attached hydrogen (secondary N) is 1. The quantitative estimate of drug-likeness (QED) is 0.891. The molecule has 0 bridgehead atoms. The third-order valence-corrected chi connectivity index (χ3v) is 4.59. The van der Waals surface area contributed by atoms with Gasteiger partial charge in [0.1, 0.15) is 5.75 Å². The molecule has 0 radical (unpaired) electrons. The molecule has 19 heavy (non-hydrogen) atoms. The number of phenolic OH excluding ortho intramolecular Hbond substituents is 1. The molecule has 0 amide bonds. The molecule has 2 aromatic rings. The predicted molar refractivity (Wildman–Crippen MR) is 79.8 cm³/mol. The van der Waals surface area contributed by atoms with Crippen LogP contribution in [0.1, 0.15) is 36.1 Å². The molecule has 1 aliphatic rings. The zero-order chi connectivity index (χ0) is 13.2. The summed E-state index contributed by atoms with van der Waals surface area (Å²) in [6.07, 6.45) is 3.12. The molecule has 0 fully saturated rings. The van der Waals surface area contributed by atoms with E-state index in [1.165, 1.54) is 11.1 Å². The Kier molecular flexibility index (Phi) is 3.58. The van der Waals surface area contributed by atoms with Crippen LogP contribution in [0, 0.1) is 0 Å². The second-order valence-electron chi connectivity index (χ2n) is 5.34. The predicted octanol–water partition coefficient (Wildman–Crippen LogP) is 3.66. The Morgan fingerprint density at radius 3 is 3.11 bits per heavy atom. The summed E-state index contributed by atoms with van der Waals surface area (Å²) in [5.74, 6) is 0.451. The molecule has 100 valence electrons. The number of rotatable bonds is 4. The Morgan fingerprint density at radius 2 is 2.32 bits per heavy atom. The number of aromatic hydroxyl groups is 1. The third kappa shape index (κ3) is 2.67. The normalized spacial score (nSPS) is 19.3. The van der Waals surface area contributed by atoms with Crippen molar-refractivity contribution < 1.29 is 5.11 Å². The molecule has 3 rings (SSSR count). The van der Waals surface area contributed by atoms with E-state index in [2.05, 4.69) is 35.1 Å². The summed E-state index contributed by atoms with van der Waals surface area (Å²) in [6.45, 7) is 2.23. The largest absolute Gasteiger partial charge is 0.508 e. The maximum Gasteiger partial charge on any atom is 0.119 e. The summed E-state index contributed by atoms with van der Waals surface area (Å²) in [4.78, 5) is 0. The Balaban J connectivity index is 1.68. The molecule has 2 nitrogen and oxygen atoms in total. The van der Waals surface area contributed by atoms with Gasteiger partial charge in [0, 0.05) is 12.1 Å². The van der Waals surface area contributed by atoms with Gasteiger partial charge in [0.15, 0.2) is 0 Å². The molecular weight excluding hydrogens is 254 g/mol. The summed E-state index contributed by atoms with van der Waals surface area (Å²) in [5, 5.41) is 17.9. The SMILES string of the molecule is CC(Cc1ccsc1)NC1CCc2c(O)cccc21. The van der Waals surface area contributed by atoms with Gasteiger partial charge in [-0.2, -0.15) is 11.3 Å². The fourth-order valence-corrected chi connectivity index (χ4v) is 3.65. The van der Waals surface area contributed by atoms with Crippen LogP contribution in [0.25, 0.3) is 0 Å². The minimum Gasteiger partial charge on any atom is -0.508 e. The summed E-state index contributed by atoms with van der Waals surface area (Å²) in [7, 11) is 0. The average Bonchev–Trinajstić information content (AvgIpc) is 3.01. The highest BCUT2D eigenvalue weighted by Gasteiger charge is 2.25. The lowest BCUT2D eigenvalue weighted by atomic mass is 10.1. The second kappa shape index (κ2) is 5.35. The van der Waals surface area contributed by atoms with Crippen molar-refractivity contribution in [3.05, 3.63) is 51.7 Å². The molecule has 1 aromatic carbocycles. The molecule has 1 aromatic heterocycles. The minimum absolute atomic E-state index is 0.385. The van der Waals surface area contributed by atoms with E-state index >= 15 is 0 Å². The summed E-state index contributed by atoms with van der Waals surface area (Å²) in [5.41, 5.74) is 3.80. The molecule has 1 heterocycles. The molecule has 0 aliphatic heterocycles. The molecular formula is C16H19NOS. The van der Waals surface area contributed by atoms with Gasteiger partial charge in [0.25, 0.3) is 0 Å². The van der Waals surface area contributed by atoms with Crippen molar-refractivity contribution in [2.45, 2.75) is 38.3 Å². The first kappa shape index (κ1) is 12.7. The van der Waals surface area contributed by atoms with Gasteiger partial charge in [-0.15, -0.1) is 0 Å². The van der Waals surface area contributed by atoms with Gasteiger partial charge < -0.3 is 10.4 Å². The smallest absolute Gasteiger partial charge is 0.119 e. The number of thiophene rings is 1. The van der Waals surface area contributed by atoms with Gasteiger partial charge >= 0.3 is 0 Å². The van der Waals surface area contributed by atoms with Gasteiger partial charge in [0.05, 0.1) is 0 Å². The Labute approximate surface area is 118 Å². The van der Waals surface area contributed by atoms with Gasteiger partial charge in [-0.3, -0.25) is 0 Å². The molecule has 1 aliphatic carbocycles. The van der Waals surface area contributed by atoms with Crippen molar-refractivity contribution in [3.8, 4) is 5.75 Å². The molecule has 0 spiro atoms. The van der Waals surface area contributed by atoms with Crippen LogP contribution in [-0.4, -0.2) is 11.1 Å². The molecule has 2 N–H and O–H groups in total. The van der Waals surface area contributed by atoms with E-state index in [4.69, 9.17) is 0 Å². The zero-order valence-electron chi connectivity index (χ0n) is 11.1. The molecule has 2 unspecified atom stereocenters. The number of fused-ring (bicyclic) bond motifs is 1. The van der Waals surface area contributed by atoms with Crippen molar-refractivity contribution in [1.82, 2.24) is 5.32 Å². The van der Waals surface area contributed by atoms with Crippen molar-refractivity contribution in [2.75, 3.05) is 0 Å². The third-order valence-electron chi connectivity index (χ3n) is 3.85. The first-order valence-corrected chi connectivity index (χ1v) is 7.76. The highest BCUT2D eigenvalue weighted by atomic mass is 32.1. The minimum atomic E-state index is 0.385. The van der Waals surface area contributed by atoms with Crippen LogP contribution in [0.2, 0.25) is 0 Å². The summed E-state index contributed by atoms with van der Waals surface area (Å²) >= 11 is 1.75. The van der Waals surface area contributed by atoms with Crippen LogP contribution >= 0.6 is 11.3 Å². The van der Waals surface area contributed by atoms with Crippen LogP contribution in [-0.2, 0) is 12.8 Å². The van der Waals surface area contributed by atoms with Gasteiger partial charge in [-0.1, -0.05) is 12.1 Å². The second-order valence-corrected chi connectivity index (χ2v) is 6.12. The Bertz CT molecular complexity index is 550. The van der Waals surface area contributed by atoms with Crippen molar-refractivity contribution in [2.24, 2.45) is 0 Å². The van der Waals surface area contributed by atoms with Crippen LogP contribution in [0.3, 0.4) is 0 Å². The van der Waals surface area contributed by atoms with E-state index in [0.29, 0.717) is 17.8 Å². The summed E-state index contributed by atoms with van der Waals surface area (Å²) in [6, 6.07) is 8.89. The first-order chi connectivity index (χ1) is 9.24. The van der Waals surface area contributed by atoms with E-state index < -0.39 is 0 Å². The van der Waals surface area contributed by atoms with Gasteiger partial charge in [-0.05, 0) is 65.8 Å². The van der Waals surface area contributed by atoms with Crippen LogP contribution < -0.4 is 5.32 Å². The van der Waals surface area contributed by atoms with E-state index in [9.17, 15) is 5.11 Å². The highest BCUT2D eigenvalue weighted by Crippen LogP contribution is 2.36. The van der Waals surface area contributed by atoms with E-state index in [1.807, 2.05) is 6.07 Å². The first-order valence-electron chi connectivity index (χ1n) is 6.82. The average molecular weight is 273 g/mol. The Hall–Kier alpha value is -1.32. The molecule has 3 heteroatoms. The lowest BCUT2D eigenvalue weighted by molar-refractivity contribution is 0.451. The molecule has 0 saturated carbocycles. The number of phenols is 1. The Morgan fingerprint density at radius 1 is 1.42 bits per heavy atom. The van der Waals surface area contributed by atoms with E-state index in [0.717, 1.165) is 24.8 Å². The fraction of sp³-hybridized carbons (Fsp3) is 0.375. The molecule has 2 atom stereocenters. The summed E-state index contributed by atoms with van der Waals surface area (Å²) < 4.78 is 0. The zero-order valence-corrected chi connectivity index (χ0v) is 11.9. The van der Waals surface area contributed by atoms with Crippen LogP contribution in [0.5, 0.6) is 5.75 Å². The maximum absolute atomic E-state index is 9.86. The van der Waals surface area contributed by atoms with Crippen molar-refractivity contribution >= 4 is 11.3 Å². The molecule has 0 saturated heterocycles. The van der Waals surface area contributed by atoms with Gasteiger partial charge in [-0.25, -0.2) is 0 Å². The van der Waals surface area contributed by atoms with Crippen LogP contribution in [0.4, 0.5) is 0 Å². The standard InChI is InChI=1S/C16H19NOS/c1-11(9-12-7-8-19-10-12)17-15-6-5-14-13(15)3-2-4-16(14)18/h2-4,7-8,10-11,15,17-18H,5-6,9H2,1H3. The van der Waals surface area contributed by atoms with E-state index in [1.54, 1.807) is 17.4 Å². The fourth-order valence-electron chi connectivity index (χ4n) is 2.97. The van der Waals surface area contributed by atoms with Crippen LogP contribution in [0.15, 0.2) is 35.0 Å². The lowest BCUT2D eigenvalue weighted by Gasteiger charge is -2.20. The van der Waals surface area contributed by atoms with Crippen molar-refractivity contribution in [3.63, 3.8) is 0 Å². The topological polar surface area (TPSA) is 32.3 Å². The van der Waals surface area contributed by atoms with Gasteiger partial charge in [0.2, 0.25) is 0 Å². The number of hydrogen-bond acceptors (Lipinski definition) is 3. The monoisotopic (exact) mass is 273 g/mol. The highest BCUT2D eigenvalue weighted by molar-refractivity contribution is 7.07. The number of hydrogen-bond donors (Lipinski definition) is 2. The lowest BCUT2D eigenvalue weighted by Crippen LogP contribution is -2.31. The van der Waals surface area contributed by atoms with E-state index in [-0.39, 0.29) is 0 Å².